The lowest BCUT2D eigenvalue weighted by molar-refractivity contribution is 0.375. The van der Waals surface area contributed by atoms with Crippen LogP contribution >= 0.6 is 11.8 Å². The Morgan fingerprint density at radius 1 is 1.35 bits per heavy atom. The molecule has 20 heavy (non-hydrogen) atoms. The standard InChI is InChI=1S/C17H26N2S/c1-12-8-6-7-9-15(12)13(2)19-16-18-11-14(20-16)10-17(3,4)5/h6-9,13-14H,10-11H2,1-5H3,(H,18,19). The van der Waals surface area contributed by atoms with E-state index in [1.54, 1.807) is 0 Å². The fourth-order valence-electron chi connectivity index (χ4n) is 2.62. The molecular formula is C17H26N2S. The van der Waals surface area contributed by atoms with E-state index in [1.807, 2.05) is 11.8 Å². The van der Waals surface area contributed by atoms with E-state index in [9.17, 15) is 0 Å². The third kappa shape index (κ3) is 4.27. The first-order valence-corrected chi connectivity index (χ1v) is 8.26. The molecule has 0 fully saturated rings. The Morgan fingerprint density at radius 2 is 2.05 bits per heavy atom. The zero-order chi connectivity index (χ0) is 14.8. The Labute approximate surface area is 127 Å². The molecule has 0 radical (unpaired) electrons. The second-order valence-electron chi connectivity index (χ2n) is 6.87. The number of nitrogens with zero attached hydrogens (tertiary/aromatic N) is 1. The van der Waals surface area contributed by atoms with E-state index in [4.69, 9.17) is 0 Å². The van der Waals surface area contributed by atoms with Gasteiger partial charge in [-0.05, 0) is 36.8 Å². The van der Waals surface area contributed by atoms with Crippen molar-refractivity contribution in [2.24, 2.45) is 10.4 Å². The summed E-state index contributed by atoms with van der Waals surface area (Å²) in [7, 11) is 0. The van der Waals surface area contributed by atoms with Crippen LogP contribution in [0.25, 0.3) is 0 Å². The van der Waals surface area contributed by atoms with Crippen LogP contribution < -0.4 is 5.32 Å². The van der Waals surface area contributed by atoms with E-state index >= 15 is 0 Å². The van der Waals surface area contributed by atoms with Crippen molar-refractivity contribution < 1.29 is 0 Å². The molecule has 0 aliphatic carbocycles. The molecular weight excluding hydrogens is 264 g/mol. The molecule has 2 rings (SSSR count). The third-order valence-corrected chi connectivity index (χ3v) is 4.67. The zero-order valence-electron chi connectivity index (χ0n) is 13.2. The van der Waals surface area contributed by atoms with Crippen LogP contribution in [0.3, 0.4) is 0 Å². The van der Waals surface area contributed by atoms with Crippen molar-refractivity contribution in [2.75, 3.05) is 6.54 Å². The number of thioether (sulfide) groups is 1. The van der Waals surface area contributed by atoms with Crippen molar-refractivity contribution in [3.05, 3.63) is 35.4 Å². The monoisotopic (exact) mass is 290 g/mol. The van der Waals surface area contributed by atoms with E-state index in [0.29, 0.717) is 16.7 Å². The smallest absolute Gasteiger partial charge is 0.157 e. The summed E-state index contributed by atoms with van der Waals surface area (Å²) in [5.41, 5.74) is 3.07. The van der Waals surface area contributed by atoms with Crippen LogP contribution in [0.15, 0.2) is 29.3 Å². The molecule has 1 N–H and O–H groups in total. The lowest BCUT2D eigenvalue weighted by atomic mass is 9.90. The van der Waals surface area contributed by atoms with Gasteiger partial charge in [0.05, 0.1) is 12.6 Å². The summed E-state index contributed by atoms with van der Waals surface area (Å²) in [6.07, 6.45) is 1.21. The van der Waals surface area contributed by atoms with Crippen LogP contribution in [0.5, 0.6) is 0 Å². The highest BCUT2D eigenvalue weighted by molar-refractivity contribution is 8.14. The van der Waals surface area contributed by atoms with Crippen LogP contribution in [0, 0.1) is 12.3 Å². The zero-order valence-corrected chi connectivity index (χ0v) is 14.1. The minimum Gasteiger partial charge on any atom is -0.358 e. The van der Waals surface area contributed by atoms with Crippen molar-refractivity contribution in [1.29, 1.82) is 0 Å². The number of nitrogens with one attached hydrogen (secondary N) is 1. The molecule has 0 aromatic heterocycles. The molecule has 0 bridgehead atoms. The van der Waals surface area contributed by atoms with E-state index in [0.717, 1.165) is 11.7 Å². The molecule has 1 aromatic rings. The lowest BCUT2D eigenvalue weighted by Gasteiger charge is -2.22. The molecule has 2 unspecified atom stereocenters. The molecule has 3 heteroatoms. The average molecular weight is 290 g/mol. The maximum absolute atomic E-state index is 4.66. The molecule has 1 aromatic carbocycles. The number of rotatable bonds is 3. The first kappa shape index (κ1) is 15.4. The van der Waals surface area contributed by atoms with E-state index in [2.05, 4.69) is 69.2 Å². The molecule has 110 valence electrons. The molecule has 0 saturated heterocycles. The summed E-state index contributed by atoms with van der Waals surface area (Å²) >= 11 is 1.91. The van der Waals surface area contributed by atoms with Crippen LogP contribution in [0.4, 0.5) is 0 Å². The predicted molar refractivity (Wildman–Crippen MR) is 90.5 cm³/mol. The summed E-state index contributed by atoms with van der Waals surface area (Å²) in [5.74, 6) is 0. The van der Waals surface area contributed by atoms with Crippen molar-refractivity contribution in [3.8, 4) is 0 Å². The Kier molecular flexibility index (Phi) is 4.79. The average Bonchev–Trinajstić information content (AvgIpc) is 2.74. The molecule has 1 heterocycles. The molecule has 2 nitrogen and oxygen atoms in total. The second kappa shape index (κ2) is 6.21. The van der Waals surface area contributed by atoms with Crippen molar-refractivity contribution in [3.63, 3.8) is 0 Å². The van der Waals surface area contributed by atoms with Gasteiger partial charge < -0.3 is 5.32 Å². The van der Waals surface area contributed by atoms with E-state index in [1.165, 1.54) is 17.5 Å². The third-order valence-electron chi connectivity index (χ3n) is 3.55. The quantitative estimate of drug-likeness (QED) is 0.883. The van der Waals surface area contributed by atoms with Crippen LogP contribution in [-0.4, -0.2) is 17.0 Å². The highest BCUT2D eigenvalue weighted by atomic mass is 32.2. The van der Waals surface area contributed by atoms with Crippen LogP contribution in [0.1, 0.15) is 51.3 Å². The highest BCUT2D eigenvalue weighted by Gasteiger charge is 2.25. The Balaban J connectivity index is 1.91. The molecule has 0 spiro atoms. The largest absolute Gasteiger partial charge is 0.358 e. The summed E-state index contributed by atoms with van der Waals surface area (Å²) in [6, 6.07) is 8.87. The first-order chi connectivity index (χ1) is 9.35. The van der Waals surface area contributed by atoms with E-state index < -0.39 is 0 Å². The minimum absolute atomic E-state index is 0.316. The molecule has 0 saturated carbocycles. The normalized spacial score (nSPS) is 20.6. The SMILES string of the molecule is Cc1ccccc1C(C)NC1=NCC(CC(C)(C)C)S1. The number of hydrogen-bond acceptors (Lipinski definition) is 3. The van der Waals surface area contributed by atoms with Crippen LogP contribution in [0.2, 0.25) is 0 Å². The van der Waals surface area contributed by atoms with Gasteiger partial charge in [0.1, 0.15) is 0 Å². The summed E-state index contributed by atoms with van der Waals surface area (Å²) < 4.78 is 0. The van der Waals surface area contributed by atoms with Gasteiger partial charge in [-0.1, -0.05) is 56.8 Å². The van der Waals surface area contributed by atoms with Gasteiger partial charge in [0.25, 0.3) is 0 Å². The topological polar surface area (TPSA) is 24.4 Å². The molecule has 2 atom stereocenters. The van der Waals surface area contributed by atoms with E-state index in [-0.39, 0.29) is 0 Å². The number of aliphatic imine (C=N–C) groups is 1. The molecule has 0 amide bonds. The maximum Gasteiger partial charge on any atom is 0.157 e. The Morgan fingerprint density at radius 3 is 2.70 bits per heavy atom. The van der Waals surface area contributed by atoms with Gasteiger partial charge in [-0.2, -0.15) is 0 Å². The maximum atomic E-state index is 4.66. The minimum atomic E-state index is 0.316. The van der Waals surface area contributed by atoms with Gasteiger partial charge >= 0.3 is 0 Å². The Bertz CT molecular complexity index is 488. The predicted octanol–water partition coefficient (Wildman–Crippen LogP) is 4.55. The van der Waals surface area contributed by atoms with Gasteiger partial charge in [0.2, 0.25) is 0 Å². The molecule has 1 aliphatic rings. The summed E-state index contributed by atoms with van der Waals surface area (Å²) in [6.45, 7) is 12.2. The number of amidine groups is 1. The van der Waals surface area contributed by atoms with Gasteiger partial charge in [0, 0.05) is 5.25 Å². The van der Waals surface area contributed by atoms with Crippen molar-refractivity contribution in [2.45, 2.75) is 52.3 Å². The fourth-order valence-corrected chi connectivity index (χ4v) is 4.06. The first-order valence-electron chi connectivity index (χ1n) is 7.38. The van der Waals surface area contributed by atoms with Gasteiger partial charge in [-0.3, -0.25) is 4.99 Å². The fraction of sp³-hybridized carbons (Fsp3) is 0.588. The Hall–Kier alpha value is -0.960. The van der Waals surface area contributed by atoms with Gasteiger partial charge in [-0.25, -0.2) is 0 Å². The van der Waals surface area contributed by atoms with Crippen molar-refractivity contribution in [1.82, 2.24) is 5.32 Å². The van der Waals surface area contributed by atoms with Gasteiger partial charge in [0.15, 0.2) is 5.17 Å². The molecule has 1 aliphatic heterocycles. The van der Waals surface area contributed by atoms with Gasteiger partial charge in [-0.15, -0.1) is 0 Å². The number of aryl methyl sites for hydroxylation is 1. The second-order valence-corrected chi connectivity index (χ2v) is 8.16. The van der Waals surface area contributed by atoms with Crippen molar-refractivity contribution >= 4 is 16.9 Å². The lowest BCUT2D eigenvalue weighted by Crippen LogP contribution is -2.24. The van der Waals surface area contributed by atoms with Crippen LogP contribution in [-0.2, 0) is 0 Å². The number of hydrogen-bond donors (Lipinski definition) is 1. The summed E-state index contributed by atoms with van der Waals surface area (Å²) in [4.78, 5) is 4.66. The summed E-state index contributed by atoms with van der Waals surface area (Å²) in [5, 5.41) is 5.30. The number of benzene rings is 1. The highest BCUT2D eigenvalue weighted by Crippen LogP contribution is 2.32.